The monoisotopic (exact) mass is 163 g/mol. The summed E-state index contributed by atoms with van der Waals surface area (Å²) >= 11 is 1.29. The second kappa shape index (κ2) is 4.58. The molecule has 1 aliphatic rings. The first-order valence-electron chi connectivity index (χ1n) is 2.26. The number of nitrogens with zero attached hydrogens (tertiary/aromatic N) is 1. The number of Topliss-reactive ketones (excluding diaryl/α,β-unsaturated/α-hetero) is 1. The zero-order valence-electron chi connectivity index (χ0n) is 4.61. The Hall–Kier alpha value is -0.280. The molecule has 0 bridgehead atoms. The normalized spacial score (nSPS) is 16.7. The Kier molecular flexibility index (Phi) is 4.44. The van der Waals surface area contributed by atoms with E-state index in [0.717, 1.165) is 0 Å². The number of ketones is 1. The molecular weight excluding hydrogens is 158 g/mol. The number of hydrogen-bond donors (Lipinski definition) is 0. The van der Waals surface area contributed by atoms with Crippen LogP contribution in [-0.2, 0) is 4.79 Å². The van der Waals surface area contributed by atoms with Gasteiger partial charge in [-0.1, -0.05) is 6.08 Å². The molecule has 0 saturated carbocycles. The molecule has 50 valence electrons. The van der Waals surface area contributed by atoms with Crippen LogP contribution in [0, 0.1) is 0 Å². The van der Waals surface area contributed by atoms with Gasteiger partial charge in [0, 0.05) is 18.4 Å². The lowest BCUT2D eigenvalue weighted by atomic mass is 10.3. The van der Waals surface area contributed by atoms with Gasteiger partial charge >= 0.3 is 0 Å². The van der Waals surface area contributed by atoms with Gasteiger partial charge < -0.3 is 0 Å². The van der Waals surface area contributed by atoms with Crippen LogP contribution in [0.3, 0.4) is 0 Å². The van der Waals surface area contributed by atoms with Crippen LogP contribution in [-0.4, -0.2) is 12.0 Å². The Morgan fingerprint density at radius 1 is 1.67 bits per heavy atom. The summed E-state index contributed by atoms with van der Waals surface area (Å²) in [6.07, 6.45) is 3.65. The molecule has 1 rings (SSSR count). The fourth-order valence-corrected chi connectivity index (χ4v) is 0.815. The fraction of sp³-hybridized carbons (Fsp3) is 0.200. The van der Waals surface area contributed by atoms with E-state index in [-0.39, 0.29) is 18.2 Å². The molecule has 0 radical (unpaired) electrons. The third kappa shape index (κ3) is 3.32. The zero-order chi connectivity index (χ0) is 5.82. The summed E-state index contributed by atoms with van der Waals surface area (Å²) in [6, 6.07) is 0. The maximum absolute atomic E-state index is 10.5. The van der Waals surface area contributed by atoms with Crippen molar-refractivity contribution in [2.45, 2.75) is 6.42 Å². The average molecular weight is 164 g/mol. The molecular formula is C5H6ClNOS. The number of halogens is 1. The van der Waals surface area contributed by atoms with Gasteiger partial charge in [0.05, 0.1) is 6.21 Å². The Morgan fingerprint density at radius 2 is 2.44 bits per heavy atom. The van der Waals surface area contributed by atoms with Crippen LogP contribution in [0.5, 0.6) is 0 Å². The highest BCUT2D eigenvalue weighted by Gasteiger charge is 1.94. The van der Waals surface area contributed by atoms with Gasteiger partial charge in [-0.05, 0) is 5.41 Å². The lowest BCUT2D eigenvalue weighted by Crippen LogP contribution is -1.93. The van der Waals surface area contributed by atoms with Crippen molar-refractivity contribution in [3.05, 3.63) is 11.5 Å². The molecule has 0 aromatic carbocycles. The average Bonchev–Trinajstić information content (AvgIpc) is 1.94. The fourth-order valence-electron chi connectivity index (χ4n) is 0.384. The minimum atomic E-state index is 0. The summed E-state index contributed by atoms with van der Waals surface area (Å²) in [5, 5.41) is 1.81. The molecule has 0 aromatic heterocycles. The molecule has 2 nitrogen and oxygen atoms in total. The lowest BCUT2D eigenvalue weighted by molar-refractivity contribution is -0.111. The molecule has 4 heteroatoms. The van der Waals surface area contributed by atoms with Crippen LogP contribution in [0.1, 0.15) is 6.42 Å². The van der Waals surface area contributed by atoms with E-state index in [1.165, 1.54) is 18.2 Å². The van der Waals surface area contributed by atoms with Crippen molar-refractivity contribution < 1.29 is 4.79 Å². The van der Waals surface area contributed by atoms with Crippen molar-refractivity contribution in [1.82, 2.24) is 0 Å². The molecule has 0 aliphatic carbocycles. The van der Waals surface area contributed by atoms with Crippen LogP contribution < -0.4 is 0 Å². The van der Waals surface area contributed by atoms with Gasteiger partial charge in [0.25, 0.3) is 0 Å². The number of hydrogen-bond acceptors (Lipinski definition) is 3. The van der Waals surface area contributed by atoms with E-state index < -0.39 is 0 Å². The van der Waals surface area contributed by atoms with Crippen LogP contribution in [0.2, 0.25) is 0 Å². The van der Waals surface area contributed by atoms with Gasteiger partial charge in [-0.15, -0.1) is 12.4 Å². The molecule has 0 amide bonds. The van der Waals surface area contributed by atoms with Crippen LogP contribution in [0.4, 0.5) is 0 Å². The van der Waals surface area contributed by atoms with Gasteiger partial charge in [0.2, 0.25) is 0 Å². The molecule has 1 heterocycles. The Morgan fingerprint density at radius 3 is 3.22 bits per heavy atom. The summed E-state index contributed by atoms with van der Waals surface area (Å²) in [7, 11) is 0. The maximum Gasteiger partial charge on any atom is 0.178 e. The maximum atomic E-state index is 10.5. The van der Waals surface area contributed by atoms with Crippen molar-refractivity contribution in [2.75, 3.05) is 0 Å². The summed E-state index contributed by atoms with van der Waals surface area (Å²) < 4.78 is 3.71. The van der Waals surface area contributed by atoms with Gasteiger partial charge in [-0.25, -0.2) is 4.40 Å². The number of carbonyl (C=O) groups excluding carboxylic acids is 1. The van der Waals surface area contributed by atoms with Gasteiger partial charge in [0.1, 0.15) is 0 Å². The third-order valence-electron chi connectivity index (χ3n) is 0.734. The summed E-state index contributed by atoms with van der Waals surface area (Å²) in [5.74, 6) is 0.0752. The highest BCUT2D eigenvalue weighted by molar-refractivity contribution is 8.01. The molecule has 0 fully saturated rings. The van der Waals surface area contributed by atoms with Crippen LogP contribution >= 0.6 is 24.4 Å². The predicted octanol–water partition coefficient (Wildman–Crippen LogP) is 1.61. The summed E-state index contributed by atoms with van der Waals surface area (Å²) in [5.41, 5.74) is 0. The molecule has 9 heavy (non-hydrogen) atoms. The molecule has 0 saturated heterocycles. The van der Waals surface area contributed by atoms with E-state index in [4.69, 9.17) is 0 Å². The molecule has 0 aromatic rings. The molecule has 0 spiro atoms. The highest BCUT2D eigenvalue weighted by Crippen LogP contribution is 2.06. The molecule has 1 aliphatic heterocycles. The first kappa shape index (κ1) is 8.72. The highest BCUT2D eigenvalue weighted by atomic mass is 35.5. The molecule has 0 N–H and O–H groups in total. The van der Waals surface area contributed by atoms with Gasteiger partial charge in [0.15, 0.2) is 5.78 Å². The van der Waals surface area contributed by atoms with Crippen molar-refractivity contribution in [3.8, 4) is 0 Å². The van der Waals surface area contributed by atoms with Crippen molar-refractivity contribution in [2.24, 2.45) is 4.40 Å². The first-order valence-corrected chi connectivity index (χ1v) is 3.10. The largest absolute Gasteiger partial charge is 0.293 e. The summed E-state index contributed by atoms with van der Waals surface area (Å²) in [4.78, 5) is 10.5. The second-order valence-electron chi connectivity index (χ2n) is 1.38. The Balaban J connectivity index is 0.000000640. The van der Waals surface area contributed by atoms with E-state index in [2.05, 4.69) is 4.40 Å². The second-order valence-corrected chi connectivity index (χ2v) is 2.08. The number of carbonyl (C=O) groups is 1. The van der Waals surface area contributed by atoms with E-state index in [9.17, 15) is 4.79 Å². The minimum Gasteiger partial charge on any atom is -0.293 e. The van der Waals surface area contributed by atoms with Crippen molar-refractivity contribution in [1.29, 1.82) is 0 Å². The SMILES string of the molecule is Cl.O=C1C=NSC=CC1. The van der Waals surface area contributed by atoms with E-state index in [1.807, 2.05) is 0 Å². The van der Waals surface area contributed by atoms with E-state index >= 15 is 0 Å². The van der Waals surface area contributed by atoms with Gasteiger partial charge in [-0.2, -0.15) is 0 Å². The Labute approximate surface area is 64.0 Å². The van der Waals surface area contributed by atoms with Crippen molar-refractivity contribution in [3.63, 3.8) is 0 Å². The van der Waals surface area contributed by atoms with Crippen LogP contribution in [0.15, 0.2) is 15.9 Å². The van der Waals surface area contributed by atoms with Crippen LogP contribution in [0.25, 0.3) is 0 Å². The quantitative estimate of drug-likeness (QED) is 0.508. The standard InChI is InChI=1S/C5H5NOS.ClH/c7-5-2-1-3-8-6-4-5;/h1,3-4H,2H2;1H. The predicted molar refractivity (Wildman–Crippen MR) is 42.1 cm³/mol. The minimum absolute atomic E-state index is 0. The Bertz CT molecular complexity index is 155. The molecule has 0 unspecified atom stereocenters. The topological polar surface area (TPSA) is 29.4 Å². The lowest BCUT2D eigenvalue weighted by Gasteiger charge is -1.76. The van der Waals surface area contributed by atoms with Crippen molar-refractivity contribution >= 4 is 36.4 Å². The third-order valence-corrected chi connectivity index (χ3v) is 1.27. The smallest absolute Gasteiger partial charge is 0.178 e. The van der Waals surface area contributed by atoms with E-state index in [0.29, 0.717) is 6.42 Å². The molecule has 0 atom stereocenters. The summed E-state index contributed by atoms with van der Waals surface area (Å²) in [6.45, 7) is 0. The zero-order valence-corrected chi connectivity index (χ0v) is 6.24. The number of allylic oxidation sites excluding steroid dienone is 1. The number of rotatable bonds is 0. The first-order chi connectivity index (χ1) is 3.89. The van der Waals surface area contributed by atoms with Gasteiger partial charge in [-0.3, -0.25) is 4.79 Å². The van der Waals surface area contributed by atoms with E-state index in [1.54, 1.807) is 11.5 Å².